The molecular formula is C21H26N4O. The van der Waals surface area contributed by atoms with Crippen molar-refractivity contribution in [2.45, 2.75) is 52.0 Å². The molecule has 1 fully saturated rings. The summed E-state index contributed by atoms with van der Waals surface area (Å²) in [6, 6.07) is 8.56. The van der Waals surface area contributed by atoms with Crippen molar-refractivity contribution in [3.8, 4) is 16.9 Å². The van der Waals surface area contributed by atoms with Gasteiger partial charge >= 0.3 is 0 Å². The minimum Gasteiger partial charge on any atom is -0.497 e. The van der Waals surface area contributed by atoms with Gasteiger partial charge in [0.05, 0.1) is 13.3 Å². The molecule has 5 heteroatoms. The van der Waals surface area contributed by atoms with Gasteiger partial charge in [0.2, 0.25) is 0 Å². The number of rotatable bonds is 7. The van der Waals surface area contributed by atoms with Crippen molar-refractivity contribution >= 4 is 11.2 Å². The van der Waals surface area contributed by atoms with Crippen LogP contribution in [0.2, 0.25) is 0 Å². The fourth-order valence-corrected chi connectivity index (χ4v) is 3.89. The van der Waals surface area contributed by atoms with Crippen molar-refractivity contribution in [2.24, 2.45) is 5.92 Å². The van der Waals surface area contributed by atoms with Crippen LogP contribution in [-0.2, 0) is 6.42 Å². The number of nitrogens with zero attached hydrogens (tertiary/aromatic N) is 4. The fraction of sp³-hybridized carbons (Fsp3) is 0.476. The Hall–Kier alpha value is -2.43. The second-order valence-electron chi connectivity index (χ2n) is 7.12. The minimum atomic E-state index is 0.488. The van der Waals surface area contributed by atoms with E-state index in [9.17, 15) is 0 Å². The predicted octanol–water partition coefficient (Wildman–Crippen LogP) is 4.82. The summed E-state index contributed by atoms with van der Waals surface area (Å²) in [6.07, 6.45) is 7.62. The predicted molar refractivity (Wildman–Crippen MR) is 103 cm³/mol. The van der Waals surface area contributed by atoms with Crippen molar-refractivity contribution in [2.75, 3.05) is 7.11 Å². The van der Waals surface area contributed by atoms with Gasteiger partial charge in [-0.2, -0.15) is 5.10 Å². The first-order valence-electron chi connectivity index (χ1n) is 9.63. The first kappa shape index (κ1) is 17.0. The van der Waals surface area contributed by atoms with Crippen molar-refractivity contribution in [1.82, 2.24) is 19.7 Å². The zero-order chi connectivity index (χ0) is 18.1. The molecule has 4 rings (SSSR count). The van der Waals surface area contributed by atoms with E-state index in [4.69, 9.17) is 9.72 Å². The van der Waals surface area contributed by atoms with Crippen LogP contribution in [-0.4, -0.2) is 26.9 Å². The topological polar surface area (TPSA) is 52.8 Å². The molecule has 0 N–H and O–H groups in total. The van der Waals surface area contributed by atoms with Gasteiger partial charge in [-0.1, -0.05) is 26.0 Å². The Morgan fingerprint density at radius 3 is 2.58 bits per heavy atom. The maximum absolute atomic E-state index is 5.28. The highest BCUT2D eigenvalue weighted by atomic mass is 16.5. The number of hydrogen-bond donors (Lipinski definition) is 0. The minimum absolute atomic E-state index is 0.488. The zero-order valence-electron chi connectivity index (χ0n) is 15.8. The molecular weight excluding hydrogens is 324 g/mol. The molecule has 1 unspecified atom stereocenters. The Morgan fingerprint density at radius 2 is 1.96 bits per heavy atom. The van der Waals surface area contributed by atoms with Gasteiger partial charge in [-0.15, -0.1) is 5.10 Å². The van der Waals surface area contributed by atoms with Crippen LogP contribution in [0.15, 0.2) is 30.5 Å². The highest BCUT2D eigenvalue weighted by Crippen LogP contribution is 2.43. The molecule has 2 heterocycles. The van der Waals surface area contributed by atoms with Crippen LogP contribution in [0.1, 0.15) is 51.4 Å². The van der Waals surface area contributed by atoms with Crippen LogP contribution >= 0.6 is 0 Å². The first-order chi connectivity index (χ1) is 12.8. The molecule has 0 bridgehead atoms. The van der Waals surface area contributed by atoms with E-state index in [0.717, 1.165) is 59.0 Å². The van der Waals surface area contributed by atoms with Gasteiger partial charge in [-0.05, 0) is 49.3 Å². The number of fused-ring (bicyclic) bond motifs is 1. The highest BCUT2D eigenvalue weighted by molar-refractivity contribution is 5.89. The van der Waals surface area contributed by atoms with E-state index in [0.29, 0.717) is 6.04 Å². The Morgan fingerprint density at radius 1 is 1.19 bits per heavy atom. The van der Waals surface area contributed by atoms with E-state index in [2.05, 4.69) is 40.7 Å². The molecule has 1 aromatic carbocycles. The average Bonchev–Trinajstić information content (AvgIpc) is 3.45. The zero-order valence-corrected chi connectivity index (χ0v) is 15.8. The Balaban J connectivity index is 1.87. The maximum Gasteiger partial charge on any atom is 0.183 e. The normalized spacial score (nSPS) is 15.3. The second kappa shape index (κ2) is 7.06. The summed E-state index contributed by atoms with van der Waals surface area (Å²) in [5.41, 5.74) is 4.03. The molecule has 5 nitrogen and oxygen atoms in total. The molecule has 0 amide bonds. The van der Waals surface area contributed by atoms with Crippen LogP contribution in [0.4, 0.5) is 0 Å². The van der Waals surface area contributed by atoms with E-state index in [1.165, 1.54) is 12.8 Å². The van der Waals surface area contributed by atoms with Gasteiger partial charge < -0.3 is 9.30 Å². The maximum atomic E-state index is 5.28. The number of imidazole rings is 1. The lowest BCUT2D eigenvalue weighted by Gasteiger charge is -2.19. The highest BCUT2D eigenvalue weighted by Gasteiger charge is 2.34. The summed E-state index contributed by atoms with van der Waals surface area (Å²) in [4.78, 5) is 5.03. The second-order valence-corrected chi connectivity index (χ2v) is 7.12. The molecule has 0 aliphatic heterocycles. The number of hydrogen-bond acceptors (Lipinski definition) is 4. The quantitative estimate of drug-likeness (QED) is 0.613. The Labute approximate surface area is 154 Å². The standard InChI is InChI=1S/C21H26N4O/c1-4-6-19-23-20-17(14-9-11-16(26-3)12-10-14)13-22-24-21(20)25(19)18(5-2)15-7-8-15/h9-13,15,18H,4-8H2,1-3H3. The molecule has 3 aromatic rings. The van der Waals surface area contributed by atoms with Gasteiger partial charge in [-0.3, -0.25) is 0 Å². The Bertz CT molecular complexity index is 896. The van der Waals surface area contributed by atoms with Crippen LogP contribution in [0.3, 0.4) is 0 Å². The molecule has 1 aliphatic carbocycles. The third-order valence-electron chi connectivity index (χ3n) is 5.34. The molecule has 0 spiro atoms. The molecule has 0 saturated heterocycles. The summed E-state index contributed by atoms with van der Waals surface area (Å²) in [6.45, 7) is 4.48. The molecule has 1 saturated carbocycles. The number of aromatic nitrogens is 4. The summed E-state index contributed by atoms with van der Waals surface area (Å²) in [5, 5.41) is 8.83. The summed E-state index contributed by atoms with van der Waals surface area (Å²) < 4.78 is 7.66. The van der Waals surface area contributed by atoms with Gasteiger partial charge in [0.15, 0.2) is 5.65 Å². The van der Waals surface area contributed by atoms with Crippen LogP contribution < -0.4 is 4.74 Å². The molecule has 2 aromatic heterocycles. The monoisotopic (exact) mass is 350 g/mol. The third kappa shape index (κ3) is 2.96. The molecule has 26 heavy (non-hydrogen) atoms. The number of aryl methyl sites for hydroxylation is 1. The van der Waals surface area contributed by atoms with Crippen molar-refractivity contribution in [1.29, 1.82) is 0 Å². The van der Waals surface area contributed by atoms with Crippen LogP contribution in [0.5, 0.6) is 5.75 Å². The molecule has 0 radical (unpaired) electrons. The van der Waals surface area contributed by atoms with Crippen molar-refractivity contribution in [3.63, 3.8) is 0 Å². The lowest BCUT2D eigenvalue weighted by Crippen LogP contribution is -2.14. The van der Waals surface area contributed by atoms with Gasteiger partial charge in [0, 0.05) is 18.0 Å². The van der Waals surface area contributed by atoms with Gasteiger partial charge in [0.1, 0.15) is 17.1 Å². The third-order valence-corrected chi connectivity index (χ3v) is 5.34. The molecule has 1 atom stereocenters. The lowest BCUT2D eigenvalue weighted by molar-refractivity contribution is 0.415. The van der Waals surface area contributed by atoms with E-state index in [-0.39, 0.29) is 0 Å². The van der Waals surface area contributed by atoms with Crippen LogP contribution in [0.25, 0.3) is 22.3 Å². The average molecular weight is 350 g/mol. The van der Waals surface area contributed by atoms with E-state index in [1.807, 2.05) is 18.3 Å². The number of benzene rings is 1. The first-order valence-corrected chi connectivity index (χ1v) is 9.63. The number of ether oxygens (including phenoxy) is 1. The number of methoxy groups -OCH3 is 1. The smallest absolute Gasteiger partial charge is 0.183 e. The van der Waals surface area contributed by atoms with E-state index in [1.54, 1.807) is 7.11 Å². The lowest BCUT2D eigenvalue weighted by atomic mass is 10.1. The van der Waals surface area contributed by atoms with Crippen molar-refractivity contribution in [3.05, 3.63) is 36.3 Å². The van der Waals surface area contributed by atoms with E-state index < -0.39 is 0 Å². The molecule has 1 aliphatic rings. The van der Waals surface area contributed by atoms with Crippen LogP contribution in [0, 0.1) is 5.92 Å². The summed E-state index contributed by atoms with van der Waals surface area (Å²) >= 11 is 0. The largest absolute Gasteiger partial charge is 0.497 e. The van der Waals surface area contributed by atoms with E-state index >= 15 is 0 Å². The fourth-order valence-electron chi connectivity index (χ4n) is 3.89. The van der Waals surface area contributed by atoms with Gasteiger partial charge in [0.25, 0.3) is 0 Å². The molecule has 136 valence electrons. The summed E-state index contributed by atoms with van der Waals surface area (Å²) in [5.74, 6) is 2.76. The van der Waals surface area contributed by atoms with Gasteiger partial charge in [-0.25, -0.2) is 4.98 Å². The SMILES string of the molecule is CCCc1nc2c(-c3ccc(OC)cc3)cnnc2n1C(CC)C1CC1. The summed E-state index contributed by atoms with van der Waals surface area (Å²) in [7, 11) is 1.68. The Kier molecular flexibility index (Phi) is 4.62. The van der Waals surface area contributed by atoms with Crippen molar-refractivity contribution < 1.29 is 4.74 Å².